The van der Waals surface area contributed by atoms with E-state index < -0.39 is 0 Å². The first-order valence-electron chi connectivity index (χ1n) is 7.55. The van der Waals surface area contributed by atoms with Gasteiger partial charge in [0.25, 0.3) is 0 Å². The van der Waals surface area contributed by atoms with Crippen molar-refractivity contribution in [1.29, 1.82) is 0 Å². The molecular weight excluding hydrogens is 270 g/mol. The molecule has 0 aliphatic carbocycles. The second kappa shape index (κ2) is 8.17. The minimum atomic E-state index is 0.0435. The zero-order valence-corrected chi connectivity index (χ0v) is 12.6. The molecule has 0 bridgehead atoms. The lowest BCUT2D eigenvalue weighted by atomic mass is 10.1. The highest BCUT2D eigenvalue weighted by atomic mass is 16.5. The van der Waals surface area contributed by atoms with Gasteiger partial charge in [-0.3, -0.25) is 9.69 Å². The lowest BCUT2D eigenvalue weighted by Gasteiger charge is -2.33. The number of furan rings is 1. The molecule has 0 radical (unpaired) electrons. The molecule has 2 rings (SSSR count). The van der Waals surface area contributed by atoms with Crippen molar-refractivity contribution in [2.24, 2.45) is 5.73 Å². The average Bonchev–Trinajstić information content (AvgIpc) is 2.93. The zero-order chi connectivity index (χ0) is 15.1. The molecule has 1 saturated heterocycles. The molecule has 0 aromatic carbocycles. The molecule has 3 N–H and O–H groups in total. The van der Waals surface area contributed by atoms with Crippen LogP contribution in [0.3, 0.4) is 0 Å². The van der Waals surface area contributed by atoms with Crippen molar-refractivity contribution in [2.45, 2.75) is 25.8 Å². The summed E-state index contributed by atoms with van der Waals surface area (Å²) in [6.07, 6.45) is 1.19. The summed E-state index contributed by atoms with van der Waals surface area (Å²) in [5, 5.41) is 2.99. The maximum absolute atomic E-state index is 11.8. The first-order valence-corrected chi connectivity index (χ1v) is 7.55. The van der Waals surface area contributed by atoms with E-state index in [9.17, 15) is 4.79 Å². The van der Waals surface area contributed by atoms with E-state index in [-0.39, 0.29) is 11.9 Å². The van der Waals surface area contributed by atoms with E-state index in [1.807, 2.05) is 19.1 Å². The molecule has 1 atom stereocenters. The Balaban J connectivity index is 1.96. The molecule has 2 heterocycles. The predicted molar refractivity (Wildman–Crippen MR) is 79.9 cm³/mol. The van der Waals surface area contributed by atoms with Crippen LogP contribution in [0.25, 0.3) is 0 Å². The molecule has 1 aromatic rings. The standard InChI is InChI=1S/C15H25N3O3/c1-12-4-5-14(21-12)13(18-7-9-20-10-8-18)11-17-15(19)3-2-6-16/h4-5,13H,2-3,6-11,16H2,1H3,(H,17,19). The van der Waals surface area contributed by atoms with Crippen LogP contribution in [0.4, 0.5) is 0 Å². The number of aryl methyl sites for hydroxylation is 1. The third kappa shape index (κ3) is 4.84. The summed E-state index contributed by atoms with van der Waals surface area (Å²) in [5.41, 5.74) is 5.43. The minimum absolute atomic E-state index is 0.0435. The maximum Gasteiger partial charge on any atom is 0.220 e. The minimum Gasteiger partial charge on any atom is -0.465 e. The topological polar surface area (TPSA) is 80.7 Å². The highest BCUT2D eigenvalue weighted by Crippen LogP contribution is 2.23. The third-order valence-electron chi connectivity index (χ3n) is 3.68. The lowest BCUT2D eigenvalue weighted by Crippen LogP contribution is -2.43. The van der Waals surface area contributed by atoms with Crippen LogP contribution in [0.5, 0.6) is 0 Å². The van der Waals surface area contributed by atoms with Crippen LogP contribution in [-0.4, -0.2) is 50.2 Å². The molecule has 118 valence electrons. The highest BCUT2D eigenvalue weighted by molar-refractivity contribution is 5.75. The summed E-state index contributed by atoms with van der Waals surface area (Å²) in [6.45, 7) is 6.16. The number of nitrogens with one attached hydrogen (secondary N) is 1. The highest BCUT2D eigenvalue weighted by Gasteiger charge is 2.25. The predicted octanol–water partition coefficient (Wildman–Crippen LogP) is 0.816. The van der Waals surface area contributed by atoms with Crippen molar-refractivity contribution in [3.63, 3.8) is 0 Å². The van der Waals surface area contributed by atoms with Crippen LogP contribution in [0.2, 0.25) is 0 Å². The molecule has 1 unspecified atom stereocenters. The number of morpholine rings is 1. The molecule has 1 aliphatic heterocycles. The van der Waals surface area contributed by atoms with Crippen LogP contribution in [0.15, 0.2) is 16.5 Å². The number of nitrogens with zero attached hydrogens (tertiary/aromatic N) is 1. The van der Waals surface area contributed by atoms with Gasteiger partial charge in [0.2, 0.25) is 5.91 Å². The zero-order valence-electron chi connectivity index (χ0n) is 12.6. The largest absolute Gasteiger partial charge is 0.465 e. The third-order valence-corrected chi connectivity index (χ3v) is 3.68. The van der Waals surface area contributed by atoms with Gasteiger partial charge in [0.05, 0.1) is 19.3 Å². The van der Waals surface area contributed by atoms with Crippen molar-refractivity contribution in [1.82, 2.24) is 10.2 Å². The Bertz CT molecular complexity index is 441. The monoisotopic (exact) mass is 295 g/mol. The first kappa shape index (κ1) is 16.0. The quantitative estimate of drug-likeness (QED) is 0.778. The van der Waals surface area contributed by atoms with Gasteiger partial charge in [-0.25, -0.2) is 0 Å². The Morgan fingerprint density at radius 2 is 2.19 bits per heavy atom. The second-order valence-electron chi connectivity index (χ2n) is 5.31. The SMILES string of the molecule is Cc1ccc(C(CNC(=O)CCCN)N2CCOCC2)o1. The van der Waals surface area contributed by atoms with E-state index in [4.69, 9.17) is 14.9 Å². The average molecular weight is 295 g/mol. The molecule has 1 aromatic heterocycles. The van der Waals surface area contributed by atoms with Crippen molar-refractivity contribution in [3.8, 4) is 0 Å². The van der Waals surface area contributed by atoms with Gasteiger partial charge in [-0.15, -0.1) is 0 Å². The second-order valence-corrected chi connectivity index (χ2v) is 5.31. The number of nitrogens with two attached hydrogens (primary N) is 1. The molecule has 6 nitrogen and oxygen atoms in total. The number of ether oxygens (including phenoxy) is 1. The summed E-state index contributed by atoms with van der Waals surface area (Å²) in [6, 6.07) is 4.00. The van der Waals surface area contributed by atoms with E-state index in [0.29, 0.717) is 25.9 Å². The van der Waals surface area contributed by atoms with E-state index in [2.05, 4.69) is 10.2 Å². The van der Waals surface area contributed by atoms with Crippen LogP contribution >= 0.6 is 0 Å². The normalized spacial score (nSPS) is 17.6. The Morgan fingerprint density at radius 1 is 1.43 bits per heavy atom. The van der Waals surface area contributed by atoms with Gasteiger partial charge in [0, 0.05) is 26.1 Å². The van der Waals surface area contributed by atoms with Gasteiger partial charge >= 0.3 is 0 Å². The van der Waals surface area contributed by atoms with Gasteiger partial charge in [-0.05, 0) is 32.0 Å². The molecule has 6 heteroatoms. The molecule has 21 heavy (non-hydrogen) atoms. The molecule has 1 aliphatic rings. The van der Waals surface area contributed by atoms with Crippen LogP contribution < -0.4 is 11.1 Å². The van der Waals surface area contributed by atoms with Gasteiger partial charge in [-0.1, -0.05) is 0 Å². The van der Waals surface area contributed by atoms with Crippen molar-refractivity contribution in [3.05, 3.63) is 23.7 Å². The Kier molecular flexibility index (Phi) is 6.22. The van der Waals surface area contributed by atoms with Crippen molar-refractivity contribution >= 4 is 5.91 Å². The number of carbonyl (C=O) groups is 1. The molecule has 1 amide bonds. The molecule has 0 saturated carbocycles. The fourth-order valence-electron chi connectivity index (χ4n) is 2.49. The van der Waals surface area contributed by atoms with Gasteiger partial charge in [0.15, 0.2) is 0 Å². The fraction of sp³-hybridized carbons (Fsp3) is 0.667. The summed E-state index contributed by atoms with van der Waals surface area (Å²) in [5.74, 6) is 1.83. The maximum atomic E-state index is 11.8. The van der Waals surface area contributed by atoms with Crippen LogP contribution in [0, 0.1) is 6.92 Å². The number of hydrogen-bond acceptors (Lipinski definition) is 5. The molecule has 1 fully saturated rings. The smallest absolute Gasteiger partial charge is 0.220 e. The van der Waals surface area contributed by atoms with Gasteiger partial charge in [0.1, 0.15) is 11.5 Å². The molecule has 0 spiro atoms. The first-order chi connectivity index (χ1) is 10.2. The Labute approximate surface area is 125 Å². The number of hydrogen-bond donors (Lipinski definition) is 2. The number of rotatable bonds is 7. The van der Waals surface area contributed by atoms with Crippen molar-refractivity contribution < 1.29 is 13.9 Å². The Hall–Kier alpha value is -1.37. The number of carbonyl (C=O) groups excluding carboxylic acids is 1. The van der Waals surface area contributed by atoms with E-state index in [0.717, 1.165) is 37.8 Å². The summed E-state index contributed by atoms with van der Waals surface area (Å²) >= 11 is 0. The van der Waals surface area contributed by atoms with E-state index in [1.165, 1.54) is 0 Å². The van der Waals surface area contributed by atoms with E-state index >= 15 is 0 Å². The van der Waals surface area contributed by atoms with Gasteiger partial charge in [-0.2, -0.15) is 0 Å². The van der Waals surface area contributed by atoms with Crippen LogP contribution in [0.1, 0.15) is 30.4 Å². The van der Waals surface area contributed by atoms with Crippen molar-refractivity contribution in [2.75, 3.05) is 39.4 Å². The lowest BCUT2D eigenvalue weighted by molar-refractivity contribution is -0.121. The fourth-order valence-corrected chi connectivity index (χ4v) is 2.49. The van der Waals surface area contributed by atoms with E-state index in [1.54, 1.807) is 0 Å². The number of amides is 1. The Morgan fingerprint density at radius 3 is 2.81 bits per heavy atom. The summed E-state index contributed by atoms with van der Waals surface area (Å²) in [7, 11) is 0. The molecular formula is C15H25N3O3. The summed E-state index contributed by atoms with van der Waals surface area (Å²) < 4.78 is 11.2. The summed E-state index contributed by atoms with van der Waals surface area (Å²) in [4.78, 5) is 14.1. The van der Waals surface area contributed by atoms with Crippen LogP contribution in [-0.2, 0) is 9.53 Å². The van der Waals surface area contributed by atoms with Gasteiger partial charge < -0.3 is 20.2 Å².